The van der Waals surface area contributed by atoms with E-state index in [0.29, 0.717) is 12.0 Å². The Kier molecular flexibility index (Phi) is 3.31. The van der Waals surface area contributed by atoms with Gasteiger partial charge >= 0.3 is 0 Å². The van der Waals surface area contributed by atoms with E-state index >= 15 is 0 Å². The van der Waals surface area contributed by atoms with Crippen LogP contribution in [-0.2, 0) is 4.79 Å². The number of hydrazine groups is 1. The molecule has 4 unspecified atom stereocenters. The third-order valence-corrected chi connectivity index (χ3v) is 3.96. The molecule has 1 aliphatic carbocycles. The molecule has 102 valence electrons. The molecule has 1 aromatic heterocycles. The number of hydrogen-bond acceptors (Lipinski definition) is 6. The molecule has 2 aliphatic rings. The third kappa shape index (κ3) is 2.52. The van der Waals surface area contributed by atoms with Crippen molar-refractivity contribution >= 4 is 11.9 Å². The smallest absolute Gasteiger partial charge is 0.236 e. The Morgan fingerprint density at radius 3 is 2.84 bits per heavy atom. The van der Waals surface area contributed by atoms with Crippen molar-refractivity contribution in [3.8, 4) is 0 Å². The molecule has 1 saturated heterocycles. The van der Waals surface area contributed by atoms with E-state index in [-0.39, 0.29) is 23.9 Å². The molecular formula is C12H18N6O. The fourth-order valence-electron chi connectivity index (χ4n) is 3.03. The molecular weight excluding hydrogens is 244 g/mol. The van der Waals surface area contributed by atoms with E-state index in [1.807, 2.05) is 0 Å². The molecule has 0 spiro atoms. The summed E-state index contributed by atoms with van der Waals surface area (Å²) in [6.45, 7) is 0. The summed E-state index contributed by atoms with van der Waals surface area (Å²) in [6, 6.07) is 2.11. The molecule has 0 radical (unpaired) electrons. The van der Waals surface area contributed by atoms with Crippen molar-refractivity contribution in [1.29, 1.82) is 0 Å². The number of carbonyl (C=O) groups excluding carboxylic acids is 1. The standard InChI is InChI=1S/C12H18N6O/c13-11(19)10-8-6-7(2-3-9(8)17-18-10)16-12-14-4-1-5-15-12/h1,4-5,7-10,17-18H,2-3,6H2,(H2,13,19)(H,14,15,16). The number of nitrogens with zero attached hydrogens (tertiary/aromatic N) is 2. The summed E-state index contributed by atoms with van der Waals surface area (Å²) in [7, 11) is 0. The van der Waals surface area contributed by atoms with E-state index in [1.54, 1.807) is 18.5 Å². The number of hydrogen-bond donors (Lipinski definition) is 4. The lowest BCUT2D eigenvalue weighted by molar-refractivity contribution is -0.120. The minimum atomic E-state index is -0.295. The fourth-order valence-corrected chi connectivity index (χ4v) is 3.03. The highest BCUT2D eigenvalue weighted by Crippen LogP contribution is 2.31. The van der Waals surface area contributed by atoms with Gasteiger partial charge in [-0.25, -0.2) is 15.4 Å². The number of aromatic nitrogens is 2. The quantitative estimate of drug-likeness (QED) is 0.579. The second-order valence-corrected chi connectivity index (χ2v) is 5.17. The second kappa shape index (κ2) is 5.10. The summed E-state index contributed by atoms with van der Waals surface area (Å²) >= 11 is 0. The van der Waals surface area contributed by atoms with Gasteiger partial charge in [-0.3, -0.25) is 10.2 Å². The van der Waals surface area contributed by atoms with Gasteiger partial charge in [-0.15, -0.1) is 0 Å². The number of nitrogens with one attached hydrogen (secondary N) is 3. The molecule has 1 amide bonds. The second-order valence-electron chi connectivity index (χ2n) is 5.17. The van der Waals surface area contributed by atoms with Crippen molar-refractivity contribution in [2.24, 2.45) is 11.7 Å². The zero-order valence-electron chi connectivity index (χ0n) is 10.5. The lowest BCUT2D eigenvalue weighted by atomic mass is 9.79. The molecule has 1 aliphatic heterocycles. The Morgan fingerprint density at radius 1 is 1.32 bits per heavy atom. The van der Waals surface area contributed by atoms with Crippen LogP contribution < -0.4 is 21.9 Å². The average Bonchev–Trinajstić information content (AvgIpc) is 2.83. The van der Waals surface area contributed by atoms with E-state index < -0.39 is 0 Å². The van der Waals surface area contributed by atoms with E-state index in [2.05, 4.69) is 26.1 Å². The Balaban J connectivity index is 1.65. The third-order valence-electron chi connectivity index (χ3n) is 3.96. The average molecular weight is 262 g/mol. The zero-order valence-corrected chi connectivity index (χ0v) is 10.5. The first kappa shape index (κ1) is 12.3. The van der Waals surface area contributed by atoms with Gasteiger partial charge in [0, 0.05) is 30.4 Å². The van der Waals surface area contributed by atoms with Crippen molar-refractivity contribution in [3.05, 3.63) is 18.5 Å². The van der Waals surface area contributed by atoms with Gasteiger partial charge in [0.2, 0.25) is 11.9 Å². The van der Waals surface area contributed by atoms with E-state index in [1.165, 1.54) is 0 Å². The van der Waals surface area contributed by atoms with Crippen molar-refractivity contribution in [2.75, 3.05) is 5.32 Å². The van der Waals surface area contributed by atoms with Crippen LogP contribution in [0, 0.1) is 5.92 Å². The largest absolute Gasteiger partial charge is 0.368 e. The molecule has 1 aromatic rings. The lowest BCUT2D eigenvalue weighted by Crippen LogP contribution is -2.44. The first-order chi connectivity index (χ1) is 9.24. The molecule has 2 fully saturated rings. The Morgan fingerprint density at radius 2 is 2.11 bits per heavy atom. The summed E-state index contributed by atoms with van der Waals surface area (Å²) in [6.07, 6.45) is 6.35. The molecule has 0 bridgehead atoms. The summed E-state index contributed by atoms with van der Waals surface area (Å²) in [5.41, 5.74) is 11.6. The van der Waals surface area contributed by atoms with Crippen LogP contribution in [0.1, 0.15) is 19.3 Å². The van der Waals surface area contributed by atoms with Crippen LogP contribution in [0.5, 0.6) is 0 Å². The summed E-state index contributed by atoms with van der Waals surface area (Å²) in [5.74, 6) is 0.574. The molecule has 5 N–H and O–H groups in total. The number of primary amides is 1. The molecule has 7 heteroatoms. The normalized spacial score (nSPS) is 33.7. The number of fused-ring (bicyclic) bond motifs is 1. The van der Waals surface area contributed by atoms with Crippen molar-refractivity contribution in [1.82, 2.24) is 20.8 Å². The van der Waals surface area contributed by atoms with Gasteiger partial charge in [-0.05, 0) is 25.3 Å². The molecule has 4 atom stereocenters. The molecule has 0 aromatic carbocycles. The van der Waals surface area contributed by atoms with Gasteiger partial charge in [0.05, 0.1) is 0 Å². The molecule has 3 rings (SSSR count). The predicted octanol–water partition coefficient (Wildman–Crippen LogP) is -0.613. The molecule has 7 nitrogen and oxygen atoms in total. The summed E-state index contributed by atoms with van der Waals surface area (Å²) < 4.78 is 0. The van der Waals surface area contributed by atoms with Crippen LogP contribution in [0.3, 0.4) is 0 Å². The highest BCUT2D eigenvalue weighted by atomic mass is 16.1. The van der Waals surface area contributed by atoms with Gasteiger partial charge in [0.15, 0.2) is 0 Å². The maximum atomic E-state index is 11.4. The fraction of sp³-hybridized carbons (Fsp3) is 0.583. The number of carbonyl (C=O) groups is 1. The summed E-state index contributed by atoms with van der Waals surface area (Å²) in [5, 5.41) is 3.32. The van der Waals surface area contributed by atoms with Gasteiger partial charge < -0.3 is 11.1 Å². The Labute approximate surface area is 111 Å². The number of anilines is 1. The van der Waals surface area contributed by atoms with Crippen molar-refractivity contribution < 1.29 is 4.79 Å². The predicted molar refractivity (Wildman–Crippen MR) is 69.8 cm³/mol. The zero-order chi connectivity index (χ0) is 13.2. The first-order valence-electron chi connectivity index (χ1n) is 6.58. The topological polar surface area (TPSA) is 105 Å². The SMILES string of the molecule is NC(=O)C1NNC2CCC(Nc3ncccn3)CC21. The van der Waals surface area contributed by atoms with Crippen LogP contribution in [0.2, 0.25) is 0 Å². The molecule has 1 saturated carbocycles. The monoisotopic (exact) mass is 262 g/mol. The van der Waals surface area contributed by atoms with Gasteiger partial charge in [0.1, 0.15) is 6.04 Å². The number of nitrogens with two attached hydrogens (primary N) is 1. The van der Waals surface area contributed by atoms with Crippen LogP contribution in [0.15, 0.2) is 18.5 Å². The lowest BCUT2D eigenvalue weighted by Gasteiger charge is -2.32. The van der Waals surface area contributed by atoms with Crippen molar-refractivity contribution in [2.45, 2.75) is 37.4 Å². The molecule has 19 heavy (non-hydrogen) atoms. The maximum absolute atomic E-state index is 11.4. The Hall–Kier alpha value is -1.73. The minimum Gasteiger partial charge on any atom is -0.368 e. The van der Waals surface area contributed by atoms with E-state index in [0.717, 1.165) is 19.3 Å². The van der Waals surface area contributed by atoms with Crippen LogP contribution in [-0.4, -0.2) is 34.0 Å². The number of rotatable bonds is 3. The minimum absolute atomic E-state index is 0.229. The molecule has 2 heterocycles. The maximum Gasteiger partial charge on any atom is 0.236 e. The summed E-state index contributed by atoms with van der Waals surface area (Å²) in [4.78, 5) is 19.7. The number of amides is 1. The van der Waals surface area contributed by atoms with Gasteiger partial charge in [-0.2, -0.15) is 0 Å². The first-order valence-corrected chi connectivity index (χ1v) is 6.58. The van der Waals surface area contributed by atoms with Crippen LogP contribution in [0.25, 0.3) is 0 Å². The van der Waals surface area contributed by atoms with Gasteiger partial charge in [-0.1, -0.05) is 0 Å². The van der Waals surface area contributed by atoms with Gasteiger partial charge in [0.25, 0.3) is 0 Å². The van der Waals surface area contributed by atoms with Crippen LogP contribution in [0.4, 0.5) is 5.95 Å². The van der Waals surface area contributed by atoms with E-state index in [9.17, 15) is 4.79 Å². The van der Waals surface area contributed by atoms with Crippen molar-refractivity contribution in [3.63, 3.8) is 0 Å². The van der Waals surface area contributed by atoms with Crippen LogP contribution >= 0.6 is 0 Å². The van der Waals surface area contributed by atoms with E-state index in [4.69, 9.17) is 5.73 Å². The highest BCUT2D eigenvalue weighted by Gasteiger charge is 2.42. The Bertz CT molecular complexity index is 453. The highest BCUT2D eigenvalue weighted by molar-refractivity contribution is 5.80.